The number of anilines is 1. The van der Waals surface area contributed by atoms with Gasteiger partial charge in [0.1, 0.15) is 5.75 Å². The number of nitrogens with zero attached hydrogens (tertiary/aromatic N) is 2. The van der Waals surface area contributed by atoms with Crippen LogP contribution in [0.5, 0.6) is 5.75 Å². The van der Waals surface area contributed by atoms with Crippen molar-refractivity contribution in [2.24, 2.45) is 0 Å². The van der Waals surface area contributed by atoms with Gasteiger partial charge in [-0.25, -0.2) is 0 Å². The Bertz CT molecular complexity index is 536. The second kappa shape index (κ2) is 8.74. The fourth-order valence-corrected chi connectivity index (χ4v) is 4.03. The van der Waals surface area contributed by atoms with Crippen LogP contribution >= 0.6 is 11.8 Å². The van der Waals surface area contributed by atoms with Gasteiger partial charge in [-0.2, -0.15) is 11.8 Å². The second-order valence-corrected chi connectivity index (χ2v) is 7.46. The molecule has 3 atom stereocenters. The van der Waals surface area contributed by atoms with Crippen molar-refractivity contribution in [1.82, 2.24) is 9.80 Å². The van der Waals surface area contributed by atoms with Crippen LogP contribution < -0.4 is 10.1 Å². The van der Waals surface area contributed by atoms with Gasteiger partial charge in [0.15, 0.2) is 0 Å². The lowest BCUT2D eigenvalue weighted by atomic mass is 10.2. The van der Waals surface area contributed by atoms with E-state index in [2.05, 4.69) is 35.5 Å². The number of benzene rings is 1. The van der Waals surface area contributed by atoms with E-state index in [0.29, 0.717) is 17.9 Å². The predicted molar refractivity (Wildman–Crippen MR) is 102 cm³/mol. The molecule has 1 N–H and O–H groups in total. The SMILES string of the molecule is CCOc1ccc(NC(=O)[C@H](C)N2C[C@@H](SC)[C@@H](N(C)C)C2)cc1. The van der Waals surface area contributed by atoms with Crippen LogP contribution in [0.2, 0.25) is 0 Å². The van der Waals surface area contributed by atoms with Crippen molar-refractivity contribution in [3.63, 3.8) is 0 Å². The maximum atomic E-state index is 12.6. The molecule has 134 valence electrons. The van der Waals surface area contributed by atoms with Crippen LogP contribution in [0, 0.1) is 0 Å². The summed E-state index contributed by atoms with van der Waals surface area (Å²) in [6, 6.07) is 7.87. The Morgan fingerprint density at radius 1 is 1.38 bits per heavy atom. The molecule has 2 rings (SSSR count). The molecule has 0 aliphatic carbocycles. The summed E-state index contributed by atoms with van der Waals surface area (Å²) >= 11 is 1.88. The van der Waals surface area contributed by atoms with E-state index >= 15 is 0 Å². The van der Waals surface area contributed by atoms with Crippen LogP contribution in [-0.4, -0.2) is 73.1 Å². The Labute approximate surface area is 149 Å². The number of likely N-dealkylation sites (N-methyl/N-ethyl adjacent to an activating group) is 1. The average Bonchev–Trinajstić information content (AvgIpc) is 3.00. The Morgan fingerprint density at radius 2 is 2.04 bits per heavy atom. The first-order valence-electron chi connectivity index (χ1n) is 8.43. The molecule has 0 bridgehead atoms. The van der Waals surface area contributed by atoms with E-state index in [4.69, 9.17) is 4.74 Å². The number of hydrogen-bond donors (Lipinski definition) is 1. The van der Waals surface area contributed by atoms with Crippen LogP contribution in [0.1, 0.15) is 13.8 Å². The van der Waals surface area contributed by atoms with Gasteiger partial charge in [-0.1, -0.05) is 0 Å². The fraction of sp³-hybridized carbons (Fsp3) is 0.611. The van der Waals surface area contributed by atoms with E-state index in [-0.39, 0.29) is 11.9 Å². The third-order valence-corrected chi connectivity index (χ3v) is 5.66. The molecule has 0 saturated carbocycles. The Hall–Kier alpha value is -1.24. The molecule has 0 radical (unpaired) electrons. The van der Waals surface area contributed by atoms with E-state index in [1.165, 1.54) is 0 Å². The van der Waals surface area contributed by atoms with Gasteiger partial charge in [-0.15, -0.1) is 0 Å². The predicted octanol–water partition coefficient (Wildman–Crippen LogP) is 2.39. The van der Waals surface area contributed by atoms with E-state index in [0.717, 1.165) is 24.5 Å². The third-order valence-electron chi connectivity index (χ3n) is 4.59. The largest absolute Gasteiger partial charge is 0.494 e. The van der Waals surface area contributed by atoms with Gasteiger partial charge in [0.2, 0.25) is 5.91 Å². The number of carbonyl (C=O) groups is 1. The Kier molecular flexibility index (Phi) is 6.95. The van der Waals surface area contributed by atoms with Crippen molar-refractivity contribution in [2.75, 3.05) is 45.4 Å². The van der Waals surface area contributed by atoms with Gasteiger partial charge >= 0.3 is 0 Å². The zero-order chi connectivity index (χ0) is 17.7. The number of ether oxygens (including phenoxy) is 1. The molecule has 0 spiro atoms. The lowest BCUT2D eigenvalue weighted by Gasteiger charge is -2.25. The van der Waals surface area contributed by atoms with Crippen LogP contribution in [0.4, 0.5) is 5.69 Å². The summed E-state index contributed by atoms with van der Waals surface area (Å²) in [7, 11) is 4.23. The Morgan fingerprint density at radius 3 is 2.54 bits per heavy atom. The average molecular weight is 352 g/mol. The second-order valence-electron chi connectivity index (χ2n) is 6.38. The number of amides is 1. The standard InChI is InChI=1S/C18H29N3O2S/c1-6-23-15-9-7-14(8-10-15)19-18(22)13(2)21-11-16(20(3)4)17(12-21)24-5/h7-10,13,16-17H,6,11-12H2,1-5H3,(H,19,22)/t13-,16-,17+/m0/s1. The molecule has 1 aromatic carbocycles. The van der Waals surface area contributed by atoms with E-state index in [9.17, 15) is 4.79 Å². The molecule has 1 heterocycles. The first kappa shape index (κ1) is 19.1. The number of hydrogen-bond acceptors (Lipinski definition) is 5. The molecule has 1 aliphatic rings. The summed E-state index contributed by atoms with van der Waals surface area (Å²) < 4.78 is 5.42. The molecule has 6 heteroatoms. The molecule has 1 fully saturated rings. The first-order valence-corrected chi connectivity index (χ1v) is 9.72. The monoisotopic (exact) mass is 351 g/mol. The van der Waals surface area contributed by atoms with E-state index < -0.39 is 0 Å². The van der Waals surface area contributed by atoms with Gasteiger partial charge < -0.3 is 15.0 Å². The zero-order valence-corrected chi connectivity index (χ0v) is 16.1. The maximum absolute atomic E-state index is 12.6. The highest BCUT2D eigenvalue weighted by Gasteiger charge is 2.37. The molecule has 1 aliphatic heterocycles. The highest BCUT2D eigenvalue weighted by atomic mass is 32.2. The van der Waals surface area contributed by atoms with Crippen molar-refractivity contribution < 1.29 is 9.53 Å². The summed E-state index contributed by atoms with van der Waals surface area (Å²) in [6.45, 7) is 6.45. The van der Waals surface area contributed by atoms with Crippen LogP contribution in [-0.2, 0) is 4.79 Å². The lowest BCUT2D eigenvalue weighted by Crippen LogP contribution is -2.42. The van der Waals surface area contributed by atoms with E-state index in [1.807, 2.05) is 49.9 Å². The number of carbonyl (C=O) groups excluding carboxylic acids is 1. The maximum Gasteiger partial charge on any atom is 0.241 e. The molecule has 0 unspecified atom stereocenters. The Balaban J connectivity index is 1.94. The van der Waals surface area contributed by atoms with Crippen LogP contribution in [0.15, 0.2) is 24.3 Å². The van der Waals surface area contributed by atoms with Crippen LogP contribution in [0.3, 0.4) is 0 Å². The summed E-state index contributed by atoms with van der Waals surface area (Å²) in [5, 5.41) is 3.55. The minimum Gasteiger partial charge on any atom is -0.494 e. The van der Waals surface area contributed by atoms with Crippen molar-refractivity contribution in [3.05, 3.63) is 24.3 Å². The lowest BCUT2D eigenvalue weighted by molar-refractivity contribution is -0.120. The third kappa shape index (κ3) is 4.65. The zero-order valence-electron chi connectivity index (χ0n) is 15.3. The van der Waals surface area contributed by atoms with E-state index in [1.54, 1.807) is 0 Å². The number of nitrogens with one attached hydrogen (secondary N) is 1. The summed E-state index contributed by atoms with van der Waals surface area (Å²) in [5.74, 6) is 0.859. The first-order chi connectivity index (χ1) is 11.5. The topological polar surface area (TPSA) is 44.8 Å². The molecular weight excluding hydrogens is 322 g/mol. The molecular formula is C18H29N3O2S. The van der Waals surface area contributed by atoms with Crippen molar-refractivity contribution >= 4 is 23.4 Å². The smallest absolute Gasteiger partial charge is 0.241 e. The molecule has 1 aromatic rings. The van der Waals surface area contributed by atoms with Crippen molar-refractivity contribution in [2.45, 2.75) is 31.2 Å². The highest BCUT2D eigenvalue weighted by Crippen LogP contribution is 2.26. The fourth-order valence-electron chi connectivity index (χ4n) is 3.04. The number of likely N-dealkylation sites (tertiary alicyclic amines) is 1. The summed E-state index contributed by atoms with van der Waals surface area (Å²) in [6.07, 6.45) is 2.15. The van der Waals surface area contributed by atoms with Crippen molar-refractivity contribution in [1.29, 1.82) is 0 Å². The number of thioether (sulfide) groups is 1. The molecule has 24 heavy (non-hydrogen) atoms. The molecule has 5 nitrogen and oxygen atoms in total. The highest BCUT2D eigenvalue weighted by molar-refractivity contribution is 7.99. The van der Waals surface area contributed by atoms with Crippen molar-refractivity contribution in [3.8, 4) is 5.75 Å². The number of rotatable bonds is 7. The molecule has 0 aromatic heterocycles. The minimum absolute atomic E-state index is 0.0402. The summed E-state index contributed by atoms with van der Waals surface area (Å²) in [5.41, 5.74) is 0.806. The normalized spacial score (nSPS) is 22.6. The quantitative estimate of drug-likeness (QED) is 0.817. The molecule has 1 saturated heterocycles. The van der Waals surface area contributed by atoms with Gasteiger partial charge in [0.25, 0.3) is 0 Å². The van der Waals surface area contributed by atoms with Gasteiger partial charge in [-0.05, 0) is 58.5 Å². The van der Waals surface area contributed by atoms with Gasteiger partial charge in [0, 0.05) is 30.1 Å². The van der Waals surface area contributed by atoms with Gasteiger partial charge in [0.05, 0.1) is 12.6 Å². The minimum atomic E-state index is -0.142. The molecule has 1 amide bonds. The van der Waals surface area contributed by atoms with Gasteiger partial charge in [-0.3, -0.25) is 9.69 Å². The van der Waals surface area contributed by atoms with Crippen LogP contribution in [0.25, 0.3) is 0 Å². The summed E-state index contributed by atoms with van der Waals surface area (Å²) in [4.78, 5) is 17.1.